The molecule has 0 aromatic heterocycles. The standard InChI is InChI=1S/C37H62O12/c1-8-28-33(41)35(43)37-36(48-28)34(42)32(49-37)16-24(39)9-10-26-14-20(3)29(46-26)12-11-27-13-19(2)22(5)30(47-27)15-21(4)45-31(23(6)44-7)17-25(40)18-38/h19,21,23,25-38,40-43H,3,5,8-18H2,1-2,4,6-7H3/t19-,21?,23-,25?,26?,27+,28?,29?,30?,31?,32-,33?,34?,35?,36+,37?/m1/s1. The molecule has 0 aromatic carbocycles. The number of methoxy groups -OCH3 is 1. The molecule has 0 saturated carbocycles. The summed E-state index contributed by atoms with van der Waals surface area (Å²) in [4.78, 5) is 12.9. The average molecular weight is 699 g/mol. The number of fused-ring (bicyclic) bond motifs is 1. The topological polar surface area (TPSA) is 174 Å². The lowest BCUT2D eigenvalue weighted by atomic mass is 9.85. The van der Waals surface area contributed by atoms with Gasteiger partial charge in [-0.3, -0.25) is 4.79 Å². The van der Waals surface area contributed by atoms with Crippen molar-refractivity contribution in [2.24, 2.45) is 5.92 Å². The van der Waals surface area contributed by atoms with Crippen molar-refractivity contribution in [3.8, 4) is 0 Å². The third-order valence-corrected chi connectivity index (χ3v) is 11.0. The van der Waals surface area contributed by atoms with Gasteiger partial charge in [0.1, 0.15) is 36.3 Å². The second kappa shape index (κ2) is 18.5. The van der Waals surface area contributed by atoms with Crippen molar-refractivity contribution >= 4 is 5.78 Å². The Labute approximate surface area is 291 Å². The summed E-state index contributed by atoms with van der Waals surface area (Å²) in [5, 5.41) is 50.9. The van der Waals surface area contributed by atoms with Crippen LogP contribution in [-0.2, 0) is 33.2 Å². The molecule has 0 bridgehead atoms. The van der Waals surface area contributed by atoms with E-state index in [0.29, 0.717) is 25.7 Å². The average Bonchev–Trinajstić information content (AvgIpc) is 3.59. The fourth-order valence-electron chi connectivity index (χ4n) is 7.77. The summed E-state index contributed by atoms with van der Waals surface area (Å²) < 4.78 is 36.2. The van der Waals surface area contributed by atoms with E-state index in [4.69, 9.17) is 28.4 Å². The van der Waals surface area contributed by atoms with E-state index in [0.717, 1.165) is 30.4 Å². The Balaban J connectivity index is 1.20. The zero-order chi connectivity index (χ0) is 36.0. The third-order valence-electron chi connectivity index (χ3n) is 11.0. The first-order valence-corrected chi connectivity index (χ1v) is 18.3. The molecule has 0 amide bonds. The van der Waals surface area contributed by atoms with Crippen molar-refractivity contribution in [3.05, 3.63) is 24.3 Å². The van der Waals surface area contributed by atoms with Crippen LogP contribution in [0.15, 0.2) is 24.3 Å². The summed E-state index contributed by atoms with van der Waals surface area (Å²) in [5.41, 5.74) is 2.06. The number of aliphatic hydroxyl groups excluding tert-OH is 5. The molecule has 4 saturated heterocycles. The Morgan fingerprint density at radius 2 is 1.61 bits per heavy atom. The van der Waals surface area contributed by atoms with Gasteiger partial charge in [-0.2, -0.15) is 0 Å². The van der Waals surface area contributed by atoms with Crippen LogP contribution in [-0.4, -0.2) is 137 Å². The monoisotopic (exact) mass is 698 g/mol. The molecule has 12 nitrogen and oxygen atoms in total. The fourth-order valence-corrected chi connectivity index (χ4v) is 7.77. The van der Waals surface area contributed by atoms with Crippen molar-refractivity contribution in [3.63, 3.8) is 0 Å². The van der Waals surface area contributed by atoms with Crippen LogP contribution in [0.1, 0.15) is 91.9 Å². The highest BCUT2D eigenvalue weighted by Crippen LogP contribution is 2.38. The second-order valence-corrected chi connectivity index (χ2v) is 14.8. The predicted octanol–water partition coefficient (Wildman–Crippen LogP) is 2.54. The van der Waals surface area contributed by atoms with Crippen LogP contribution in [0.2, 0.25) is 0 Å². The highest BCUT2D eigenvalue weighted by molar-refractivity contribution is 5.79. The van der Waals surface area contributed by atoms with E-state index in [1.54, 1.807) is 7.11 Å². The number of aliphatic hydroxyl groups is 5. The Bertz CT molecular complexity index is 1090. The van der Waals surface area contributed by atoms with Gasteiger partial charge >= 0.3 is 0 Å². The second-order valence-electron chi connectivity index (χ2n) is 14.8. The molecule has 5 N–H and O–H groups in total. The van der Waals surface area contributed by atoms with Crippen LogP contribution in [0.5, 0.6) is 0 Å². The number of carbonyl (C=O) groups is 1. The summed E-state index contributed by atoms with van der Waals surface area (Å²) in [6, 6.07) is 0. The number of carbonyl (C=O) groups excluding carboxylic acids is 1. The van der Waals surface area contributed by atoms with E-state index in [-0.39, 0.29) is 80.3 Å². The van der Waals surface area contributed by atoms with Gasteiger partial charge in [0.15, 0.2) is 0 Å². The van der Waals surface area contributed by atoms with Gasteiger partial charge in [0.2, 0.25) is 0 Å². The molecule has 11 unspecified atom stereocenters. The maximum absolute atomic E-state index is 12.9. The van der Waals surface area contributed by atoms with E-state index in [1.807, 2.05) is 20.8 Å². The summed E-state index contributed by atoms with van der Waals surface area (Å²) in [5.74, 6) is 0.218. The van der Waals surface area contributed by atoms with E-state index in [1.165, 1.54) is 0 Å². The smallest absolute Gasteiger partial charge is 0.135 e. The van der Waals surface area contributed by atoms with Gasteiger partial charge < -0.3 is 54.0 Å². The van der Waals surface area contributed by atoms with Crippen LogP contribution in [0.3, 0.4) is 0 Å². The number of rotatable bonds is 18. The molecule has 4 fully saturated rings. The van der Waals surface area contributed by atoms with Crippen LogP contribution >= 0.6 is 0 Å². The molecule has 0 aromatic rings. The molecule has 4 aliphatic rings. The lowest BCUT2D eigenvalue weighted by molar-refractivity contribution is -0.217. The molecule has 0 spiro atoms. The van der Waals surface area contributed by atoms with Gasteiger partial charge in [-0.15, -0.1) is 0 Å². The zero-order valence-electron chi connectivity index (χ0n) is 30.0. The number of ketones is 1. The number of Topliss-reactive ketones (excluding diaryl/α,β-unsaturated/α-hetero) is 1. The van der Waals surface area contributed by atoms with E-state index < -0.39 is 48.8 Å². The molecule has 282 valence electrons. The van der Waals surface area contributed by atoms with Crippen molar-refractivity contribution < 1.29 is 58.7 Å². The Hall–Kier alpha value is -1.29. The maximum atomic E-state index is 12.9. The van der Waals surface area contributed by atoms with E-state index in [2.05, 4.69) is 20.1 Å². The minimum Gasteiger partial charge on any atom is -0.394 e. The minimum absolute atomic E-state index is 0.00176. The van der Waals surface area contributed by atoms with Crippen molar-refractivity contribution in [1.29, 1.82) is 0 Å². The Kier molecular flexibility index (Phi) is 15.3. The third kappa shape index (κ3) is 10.4. The zero-order valence-corrected chi connectivity index (χ0v) is 30.0. The summed E-state index contributed by atoms with van der Waals surface area (Å²) >= 11 is 0. The predicted molar refractivity (Wildman–Crippen MR) is 181 cm³/mol. The molecule has 4 aliphatic heterocycles. The first kappa shape index (κ1) is 40.5. The molecule has 0 aliphatic carbocycles. The molecule has 4 heterocycles. The number of hydrogen-bond acceptors (Lipinski definition) is 12. The Morgan fingerprint density at radius 3 is 2.29 bits per heavy atom. The van der Waals surface area contributed by atoms with Crippen LogP contribution in [0.4, 0.5) is 0 Å². The van der Waals surface area contributed by atoms with Gasteiger partial charge in [-0.05, 0) is 69.4 Å². The highest BCUT2D eigenvalue weighted by Gasteiger charge is 2.54. The van der Waals surface area contributed by atoms with Gasteiger partial charge in [0.05, 0.1) is 67.6 Å². The minimum atomic E-state index is -1.18. The number of ether oxygens (including phenoxy) is 6. The molecular weight excluding hydrogens is 636 g/mol. The molecular formula is C37H62O12. The van der Waals surface area contributed by atoms with E-state index in [9.17, 15) is 30.3 Å². The lowest BCUT2D eigenvalue weighted by Crippen LogP contribution is -2.57. The van der Waals surface area contributed by atoms with Gasteiger partial charge in [0, 0.05) is 32.8 Å². The normalized spacial score (nSPS) is 39.1. The van der Waals surface area contributed by atoms with E-state index >= 15 is 0 Å². The molecule has 0 radical (unpaired) electrons. The van der Waals surface area contributed by atoms with Crippen LogP contribution < -0.4 is 0 Å². The van der Waals surface area contributed by atoms with Gasteiger partial charge in [-0.1, -0.05) is 27.0 Å². The Morgan fingerprint density at radius 1 is 0.939 bits per heavy atom. The van der Waals surface area contributed by atoms with Crippen LogP contribution in [0, 0.1) is 5.92 Å². The number of hydrogen-bond donors (Lipinski definition) is 5. The SMILES string of the molecule is C=C1CC(CCC(=O)C[C@H]2OC3C(O)C(O)C(CC)O[C@H]3C2O)OC1CC[C@H]1C[C@@H](C)C(=C)C(CC(C)OC(CC(O)CO)[C@@H](C)OC)O1. The highest BCUT2D eigenvalue weighted by atomic mass is 16.6. The van der Waals surface area contributed by atoms with Crippen molar-refractivity contribution in [2.45, 2.75) is 183 Å². The largest absolute Gasteiger partial charge is 0.394 e. The van der Waals surface area contributed by atoms with Crippen LogP contribution in [0.25, 0.3) is 0 Å². The molecule has 16 atom stereocenters. The van der Waals surface area contributed by atoms with Crippen molar-refractivity contribution in [1.82, 2.24) is 0 Å². The quantitative estimate of drug-likeness (QED) is 0.133. The summed E-state index contributed by atoms with van der Waals surface area (Å²) in [6.07, 6.45) is -3.17. The summed E-state index contributed by atoms with van der Waals surface area (Å²) in [7, 11) is 1.60. The lowest BCUT2D eigenvalue weighted by Gasteiger charge is -2.39. The molecule has 49 heavy (non-hydrogen) atoms. The molecule has 4 rings (SSSR count). The fraction of sp³-hybridized carbons (Fsp3) is 0.865. The van der Waals surface area contributed by atoms with Gasteiger partial charge in [0.25, 0.3) is 0 Å². The van der Waals surface area contributed by atoms with Crippen molar-refractivity contribution in [2.75, 3.05) is 13.7 Å². The first-order chi connectivity index (χ1) is 23.3. The van der Waals surface area contributed by atoms with Gasteiger partial charge in [-0.25, -0.2) is 0 Å². The first-order valence-electron chi connectivity index (χ1n) is 18.3. The summed E-state index contributed by atoms with van der Waals surface area (Å²) in [6.45, 7) is 16.1. The molecule has 12 heteroatoms. The maximum Gasteiger partial charge on any atom is 0.135 e.